The Morgan fingerprint density at radius 3 is 2.79 bits per heavy atom. The first-order valence-corrected chi connectivity index (χ1v) is 16.9. The highest BCUT2D eigenvalue weighted by atomic mass is 16.5. The normalized spacial score (nSPS) is 51.3. The fourth-order valence-corrected chi connectivity index (χ4v) is 13.3. The van der Waals surface area contributed by atoms with Crippen LogP contribution in [0.1, 0.15) is 118 Å². The Morgan fingerprint density at radius 1 is 1.10 bits per heavy atom. The monoisotopic (exact) mass is 533 g/mol. The second-order valence-corrected chi connectivity index (χ2v) is 15.6. The molecule has 5 fully saturated rings. The maximum absolute atomic E-state index is 9.60. The lowest BCUT2D eigenvalue weighted by Gasteiger charge is -2.67. The van der Waals surface area contributed by atoms with E-state index in [9.17, 15) is 5.11 Å². The van der Waals surface area contributed by atoms with Crippen LogP contribution in [0.25, 0.3) is 0 Å². The fourth-order valence-electron chi connectivity index (χ4n) is 13.3. The summed E-state index contributed by atoms with van der Waals surface area (Å²) in [6.07, 6.45) is 18.1. The lowest BCUT2D eigenvalue weighted by Crippen LogP contribution is -2.64. The first kappa shape index (κ1) is 27.0. The molecule has 0 aromatic rings. The molecule has 39 heavy (non-hydrogen) atoms. The number of ether oxygens (including phenoxy) is 1. The molecule has 5 aliphatic carbocycles. The van der Waals surface area contributed by atoms with Crippen molar-refractivity contribution in [3.05, 3.63) is 11.1 Å². The third kappa shape index (κ3) is 3.29. The molecule has 1 saturated heterocycles. The van der Waals surface area contributed by atoms with E-state index in [4.69, 9.17) is 4.74 Å². The van der Waals surface area contributed by atoms with Gasteiger partial charge in [0.2, 0.25) is 0 Å². The van der Waals surface area contributed by atoms with Crippen LogP contribution >= 0.6 is 0 Å². The Morgan fingerprint density at radius 2 is 1.97 bits per heavy atom. The lowest BCUT2D eigenvalue weighted by molar-refractivity contribution is -0.195. The van der Waals surface area contributed by atoms with Crippen molar-refractivity contribution >= 4 is 0 Å². The average Bonchev–Trinajstić information content (AvgIpc) is 3.15. The molecule has 0 amide bonds. The van der Waals surface area contributed by atoms with Crippen LogP contribution in [0.5, 0.6) is 0 Å². The molecule has 2 aliphatic heterocycles. The van der Waals surface area contributed by atoms with Gasteiger partial charge in [0.15, 0.2) is 0 Å². The van der Waals surface area contributed by atoms with Crippen molar-refractivity contribution < 1.29 is 9.84 Å². The van der Waals surface area contributed by atoms with Crippen LogP contribution in [0.2, 0.25) is 0 Å². The minimum absolute atomic E-state index is 0.261. The van der Waals surface area contributed by atoms with Crippen LogP contribution in [0.4, 0.5) is 0 Å². The Bertz CT molecular complexity index is 1090. The van der Waals surface area contributed by atoms with Crippen molar-refractivity contribution in [1.29, 1.82) is 0 Å². The maximum Gasteiger partial charge on any atom is 0.0468 e. The second-order valence-electron chi connectivity index (χ2n) is 15.6. The van der Waals surface area contributed by atoms with E-state index in [0.717, 1.165) is 50.2 Å². The molecule has 7 rings (SSSR count). The third-order valence-electron chi connectivity index (χ3n) is 15.0. The summed E-state index contributed by atoms with van der Waals surface area (Å²) in [7, 11) is 0. The van der Waals surface area contributed by atoms with Gasteiger partial charge >= 0.3 is 0 Å². The standard InChI is InChI=1S/C36H55NO2/c1-5-39-21-15-29-11-8-17-33(29)22-27(3)36-19-13-26(2)31(36)23-35(33)25-37-24-34(37)18-14-28(10-9-20-38)30(34)12-6-7-16-32(35,36)4/h27-30,38H,5,8-25H2,1-4H3. The van der Waals surface area contributed by atoms with Gasteiger partial charge in [0, 0.05) is 56.7 Å². The summed E-state index contributed by atoms with van der Waals surface area (Å²) in [5.41, 5.74) is 5.45. The molecule has 0 aromatic carbocycles. The summed E-state index contributed by atoms with van der Waals surface area (Å²) in [4.78, 5) is 3.04. The SMILES string of the molecule is CCOCCC1CCCC12CC(C)C13CCC(C)=C1CC21CN2CC24CCC(CCCO)C4CC#CCC31C. The van der Waals surface area contributed by atoms with Crippen molar-refractivity contribution in [2.24, 2.45) is 45.3 Å². The van der Waals surface area contributed by atoms with Gasteiger partial charge in [-0.2, -0.15) is 0 Å². The highest BCUT2D eigenvalue weighted by Gasteiger charge is 2.80. The van der Waals surface area contributed by atoms with Crippen LogP contribution in [0.15, 0.2) is 11.1 Å². The molecule has 10 atom stereocenters. The Hall–Kier alpha value is -0.820. The van der Waals surface area contributed by atoms with Gasteiger partial charge in [0.1, 0.15) is 0 Å². The molecule has 10 unspecified atom stereocenters. The Labute approximate surface area is 238 Å². The topological polar surface area (TPSA) is 32.5 Å². The minimum atomic E-state index is 0.261. The van der Waals surface area contributed by atoms with Gasteiger partial charge in [-0.3, -0.25) is 4.90 Å². The number of nitrogens with zero attached hydrogens (tertiary/aromatic N) is 1. The zero-order chi connectivity index (χ0) is 27.1. The average molecular weight is 534 g/mol. The predicted molar refractivity (Wildman–Crippen MR) is 158 cm³/mol. The fraction of sp³-hybridized carbons (Fsp3) is 0.889. The van der Waals surface area contributed by atoms with Gasteiger partial charge in [-0.05, 0) is 124 Å². The molecule has 3 nitrogen and oxygen atoms in total. The molecule has 1 N–H and O–H groups in total. The quantitative estimate of drug-likeness (QED) is 0.160. The molecule has 3 spiro atoms. The number of aliphatic hydroxyl groups excluding tert-OH is 1. The smallest absolute Gasteiger partial charge is 0.0468 e. The Kier molecular flexibility index (Phi) is 6.48. The second kappa shape index (κ2) is 9.34. The Balaban J connectivity index is 1.35. The summed E-state index contributed by atoms with van der Waals surface area (Å²) >= 11 is 0. The van der Waals surface area contributed by atoms with E-state index >= 15 is 0 Å². The third-order valence-corrected chi connectivity index (χ3v) is 15.0. The van der Waals surface area contributed by atoms with Crippen molar-refractivity contribution in [3.63, 3.8) is 0 Å². The van der Waals surface area contributed by atoms with Gasteiger partial charge in [0.25, 0.3) is 0 Å². The zero-order valence-electron chi connectivity index (χ0n) is 25.5. The van der Waals surface area contributed by atoms with Crippen molar-refractivity contribution in [2.45, 2.75) is 123 Å². The minimum Gasteiger partial charge on any atom is -0.396 e. The first-order valence-electron chi connectivity index (χ1n) is 16.9. The predicted octanol–water partition coefficient (Wildman–Crippen LogP) is 7.38. The highest BCUT2D eigenvalue weighted by Crippen LogP contribution is 2.86. The largest absolute Gasteiger partial charge is 0.396 e. The molecule has 2 heterocycles. The summed E-state index contributed by atoms with van der Waals surface area (Å²) in [5, 5.41) is 9.60. The molecule has 216 valence electrons. The molecule has 7 aliphatic rings. The molecule has 3 heteroatoms. The molecule has 0 aromatic heterocycles. The summed E-state index contributed by atoms with van der Waals surface area (Å²) in [5.74, 6) is 10.9. The van der Waals surface area contributed by atoms with Crippen molar-refractivity contribution in [2.75, 3.05) is 32.9 Å². The van der Waals surface area contributed by atoms with E-state index in [-0.39, 0.29) is 5.41 Å². The van der Waals surface area contributed by atoms with Crippen LogP contribution in [-0.4, -0.2) is 48.5 Å². The summed E-state index contributed by atoms with van der Waals surface area (Å²) < 4.78 is 6.04. The number of hydrogen-bond donors (Lipinski definition) is 1. The van der Waals surface area contributed by atoms with Crippen LogP contribution < -0.4 is 0 Å². The van der Waals surface area contributed by atoms with Crippen LogP contribution in [0.3, 0.4) is 0 Å². The molecule has 4 saturated carbocycles. The van der Waals surface area contributed by atoms with Crippen molar-refractivity contribution in [3.8, 4) is 11.8 Å². The summed E-state index contributed by atoms with van der Waals surface area (Å²) in [6.45, 7) is 14.9. The van der Waals surface area contributed by atoms with Gasteiger partial charge in [-0.15, -0.1) is 11.8 Å². The first-order chi connectivity index (χ1) is 18.8. The number of hydrogen-bond acceptors (Lipinski definition) is 3. The molecule has 0 radical (unpaired) electrons. The maximum atomic E-state index is 9.60. The van der Waals surface area contributed by atoms with E-state index in [1.165, 1.54) is 83.7 Å². The van der Waals surface area contributed by atoms with E-state index < -0.39 is 0 Å². The highest BCUT2D eigenvalue weighted by molar-refractivity contribution is 5.45. The molecular weight excluding hydrogens is 478 g/mol. The van der Waals surface area contributed by atoms with Gasteiger partial charge in [-0.25, -0.2) is 0 Å². The molecule has 2 bridgehead atoms. The van der Waals surface area contributed by atoms with E-state index in [0.29, 0.717) is 34.3 Å². The van der Waals surface area contributed by atoms with E-state index in [1.807, 2.05) is 5.57 Å². The van der Waals surface area contributed by atoms with Crippen molar-refractivity contribution in [1.82, 2.24) is 4.90 Å². The van der Waals surface area contributed by atoms with Gasteiger partial charge < -0.3 is 9.84 Å². The number of aliphatic hydroxyl groups is 1. The number of rotatable bonds is 7. The molecular formula is C36H55NO2. The number of allylic oxidation sites excluding steroid dienone is 2. The summed E-state index contributed by atoms with van der Waals surface area (Å²) in [6, 6.07) is 0. The van der Waals surface area contributed by atoms with Gasteiger partial charge in [0.05, 0.1) is 0 Å². The zero-order valence-corrected chi connectivity index (χ0v) is 25.5. The van der Waals surface area contributed by atoms with E-state index in [1.54, 1.807) is 5.57 Å². The van der Waals surface area contributed by atoms with Crippen LogP contribution in [0, 0.1) is 57.2 Å². The lowest BCUT2D eigenvalue weighted by atomic mass is 9.36. The van der Waals surface area contributed by atoms with Crippen LogP contribution in [-0.2, 0) is 4.74 Å². The van der Waals surface area contributed by atoms with Gasteiger partial charge in [-0.1, -0.05) is 31.4 Å². The van der Waals surface area contributed by atoms with E-state index in [2.05, 4.69) is 44.4 Å².